The smallest absolute Gasteiger partial charge is 0.410 e. The molecule has 0 radical (unpaired) electrons. The molecule has 248 valence electrons. The normalized spacial score (nSPS) is 19.6. The van der Waals surface area contributed by atoms with Gasteiger partial charge in [0.2, 0.25) is 0 Å². The predicted octanol–water partition coefficient (Wildman–Crippen LogP) is 6.73. The SMILES string of the molecule is COCCCOc1ccc(C2=C(C(=O)N(Cc3cccc(Cl)c3Cl)C3CC3)C3CN(C(=O)OC(C)(C)C)CC(C2)N3C(=O)O)cc1. The summed E-state index contributed by atoms with van der Waals surface area (Å²) in [5.74, 6) is 0.400. The Labute approximate surface area is 279 Å². The van der Waals surface area contributed by atoms with Crippen LogP contribution in [0, 0.1) is 0 Å². The van der Waals surface area contributed by atoms with Crippen molar-refractivity contribution in [2.75, 3.05) is 33.4 Å². The number of halogens is 2. The topological polar surface area (TPSA) is 109 Å². The molecule has 2 aromatic rings. The molecule has 2 fully saturated rings. The predicted molar refractivity (Wildman–Crippen MR) is 175 cm³/mol. The van der Waals surface area contributed by atoms with Crippen LogP contribution in [-0.4, -0.2) is 95.0 Å². The minimum Gasteiger partial charge on any atom is -0.494 e. The Bertz CT molecular complexity index is 1490. The van der Waals surface area contributed by atoms with Crippen molar-refractivity contribution in [2.45, 2.75) is 76.7 Å². The molecule has 2 aliphatic heterocycles. The Morgan fingerprint density at radius 3 is 2.37 bits per heavy atom. The van der Waals surface area contributed by atoms with Crippen LogP contribution in [0.25, 0.3) is 5.57 Å². The number of carbonyl (C=O) groups is 3. The second-order valence-corrected chi connectivity index (χ2v) is 13.7. The Morgan fingerprint density at radius 2 is 1.74 bits per heavy atom. The van der Waals surface area contributed by atoms with Gasteiger partial charge in [-0.2, -0.15) is 0 Å². The summed E-state index contributed by atoms with van der Waals surface area (Å²) in [6.45, 7) is 6.79. The second kappa shape index (κ2) is 14.1. The summed E-state index contributed by atoms with van der Waals surface area (Å²) >= 11 is 12.9. The molecule has 1 saturated carbocycles. The maximum atomic E-state index is 14.8. The fraction of sp³-hybridized carbons (Fsp3) is 0.500. The molecule has 2 aromatic carbocycles. The first-order valence-electron chi connectivity index (χ1n) is 15.6. The van der Waals surface area contributed by atoms with Crippen molar-refractivity contribution in [1.29, 1.82) is 0 Å². The number of carbonyl (C=O) groups excluding carboxylic acids is 2. The van der Waals surface area contributed by atoms with Gasteiger partial charge < -0.3 is 29.1 Å². The van der Waals surface area contributed by atoms with E-state index in [1.807, 2.05) is 30.3 Å². The van der Waals surface area contributed by atoms with E-state index in [2.05, 4.69) is 0 Å². The fourth-order valence-electron chi connectivity index (χ4n) is 6.13. The van der Waals surface area contributed by atoms with Crippen LogP contribution in [0.4, 0.5) is 9.59 Å². The summed E-state index contributed by atoms with van der Waals surface area (Å²) in [5, 5.41) is 11.2. The Hall–Kier alpha value is -3.47. The molecule has 1 N–H and O–H groups in total. The first-order chi connectivity index (χ1) is 21.9. The highest BCUT2D eigenvalue weighted by Gasteiger charge is 2.50. The number of ether oxygens (including phenoxy) is 3. The summed E-state index contributed by atoms with van der Waals surface area (Å²) in [4.78, 5) is 45.4. The van der Waals surface area contributed by atoms with Gasteiger partial charge in [-0.3, -0.25) is 9.69 Å². The standard InChI is InChI=1S/C34H41Cl2N3O7/c1-34(2,3)46-33(43)37-19-24-17-26(21-9-13-25(14-10-21)45-16-6-15-44-4)29(28(20-37)39(24)32(41)42)31(40)38(23-11-12-23)18-22-7-5-8-27(35)30(22)36/h5,7-10,13-14,23-24,28H,6,11-12,15-20H2,1-4H3,(H,41,42). The number of carboxylic acid groups (broad SMARTS) is 1. The molecule has 0 aromatic heterocycles. The van der Waals surface area contributed by atoms with Crippen LogP contribution in [0.2, 0.25) is 10.0 Å². The van der Waals surface area contributed by atoms with Crippen molar-refractivity contribution < 1.29 is 33.7 Å². The summed E-state index contributed by atoms with van der Waals surface area (Å²) < 4.78 is 16.6. The van der Waals surface area contributed by atoms with Gasteiger partial charge in [-0.25, -0.2) is 9.59 Å². The number of rotatable bonds is 10. The number of fused-ring (bicyclic) bond motifs is 2. The summed E-state index contributed by atoms with van der Waals surface area (Å²) in [5.41, 5.74) is 1.88. The number of methoxy groups -OCH3 is 1. The zero-order valence-corrected chi connectivity index (χ0v) is 28.1. The van der Waals surface area contributed by atoms with Crippen molar-refractivity contribution in [3.8, 4) is 5.75 Å². The molecule has 1 saturated heterocycles. The Morgan fingerprint density at radius 1 is 1.02 bits per heavy atom. The number of hydrogen-bond acceptors (Lipinski definition) is 6. The first-order valence-corrected chi connectivity index (χ1v) is 16.3. The minimum absolute atomic E-state index is 0.0145. The van der Waals surface area contributed by atoms with E-state index in [1.54, 1.807) is 44.9 Å². The van der Waals surface area contributed by atoms with Crippen molar-refractivity contribution in [3.05, 3.63) is 69.2 Å². The van der Waals surface area contributed by atoms with E-state index in [-0.39, 0.29) is 38.0 Å². The van der Waals surface area contributed by atoms with Gasteiger partial charge >= 0.3 is 12.2 Å². The lowest BCUT2D eigenvalue weighted by Gasteiger charge is -2.50. The van der Waals surface area contributed by atoms with Crippen molar-refractivity contribution >= 4 is 46.9 Å². The average Bonchev–Trinajstić information content (AvgIpc) is 3.84. The van der Waals surface area contributed by atoms with Crippen molar-refractivity contribution in [1.82, 2.24) is 14.7 Å². The van der Waals surface area contributed by atoms with Crippen LogP contribution >= 0.6 is 23.2 Å². The molecule has 2 heterocycles. The third kappa shape index (κ3) is 7.73. The number of amides is 3. The molecule has 1 aliphatic carbocycles. The Kier molecular flexibility index (Phi) is 10.4. The number of nitrogens with zero attached hydrogens (tertiary/aromatic N) is 3. The monoisotopic (exact) mass is 673 g/mol. The van der Waals surface area contributed by atoms with Crippen LogP contribution in [0.5, 0.6) is 5.75 Å². The van der Waals surface area contributed by atoms with Crippen LogP contribution in [0.1, 0.15) is 57.6 Å². The van der Waals surface area contributed by atoms with Gasteiger partial charge in [0, 0.05) is 51.4 Å². The number of benzene rings is 2. The number of piperazine rings is 1. The third-order valence-corrected chi connectivity index (χ3v) is 9.20. The maximum Gasteiger partial charge on any atom is 0.410 e. The molecule has 0 spiro atoms. The highest BCUT2D eigenvalue weighted by Crippen LogP contribution is 2.42. The fourth-order valence-corrected chi connectivity index (χ4v) is 6.51. The van der Waals surface area contributed by atoms with Gasteiger partial charge in [0.25, 0.3) is 5.91 Å². The maximum absolute atomic E-state index is 14.8. The summed E-state index contributed by atoms with van der Waals surface area (Å²) in [6, 6.07) is 11.3. The molecule has 46 heavy (non-hydrogen) atoms. The second-order valence-electron chi connectivity index (χ2n) is 12.9. The van der Waals surface area contributed by atoms with E-state index in [4.69, 9.17) is 37.4 Å². The zero-order valence-electron chi connectivity index (χ0n) is 26.6. The van der Waals surface area contributed by atoms with Crippen LogP contribution in [0.3, 0.4) is 0 Å². The van der Waals surface area contributed by atoms with Crippen LogP contribution < -0.4 is 4.74 Å². The van der Waals surface area contributed by atoms with Crippen molar-refractivity contribution in [2.24, 2.45) is 0 Å². The highest BCUT2D eigenvalue weighted by atomic mass is 35.5. The first kappa shape index (κ1) is 33.9. The number of hydrogen-bond donors (Lipinski definition) is 1. The quantitative estimate of drug-likeness (QED) is 0.279. The lowest BCUT2D eigenvalue weighted by atomic mass is 9.81. The molecular weight excluding hydrogens is 633 g/mol. The molecule has 10 nitrogen and oxygen atoms in total. The molecule has 2 bridgehead atoms. The van der Waals surface area contributed by atoms with Crippen LogP contribution in [0.15, 0.2) is 48.0 Å². The largest absolute Gasteiger partial charge is 0.494 e. The third-order valence-electron chi connectivity index (χ3n) is 8.34. The van der Waals surface area contributed by atoms with Gasteiger partial charge in [0.15, 0.2) is 0 Å². The molecular formula is C34H41Cl2N3O7. The molecule has 2 atom stereocenters. The van der Waals surface area contributed by atoms with E-state index in [9.17, 15) is 19.5 Å². The molecule has 2 unspecified atom stereocenters. The molecule has 3 amide bonds. The van der Waals surface area contributed by atoms with Gasteiger partial charge in [0.05, 0.1) is 28.7 Å². The van der Waals surface area contributed by atoms with Gasteiger partial charge in [0.1, 0.15) is 11.4 Å². The lowest BCUT2D eigenvalue weighted by molar-refractivity contribution is -0.129. The van der Waals surface area contributed by atoms with E-state index < -0.39 is 29.9 Å². The average molecular weight is 675 g/mol. The summed E-state index contributed by atoms with van der Waals surface area (Å²) in [7, 11) is 1.65. The van der Waals surface area contributed by atoms with Crippen molar-refractivity contribution in [3.63, 3.8) is 0 Å². The molecule has 5 rings (SSSR count). The van der Waals surface area contributed by atoms with E-state index in [0.717, 1.165) is 30.4 Å². The lowest BCUT2D eigenvalue weighted by Crippen LogP contribution is -2.65. The van der Waals surface area contributed by atoms with E-state index >= 15 is 0 Å². The summed E-state index contributed by atoms with van der Waals surface area (Å²) in [6.07, 6.45) is 0.955. The van der Waals surface area contributed by atoms with Gasteiger partial charge in [-0.05, 0) is 74.9 Å². The van der Waals surface area contributed by atoms with Gasteiger partial charge in [-0.1, -0.05) is 47.5 Å². The van der Waals surface area contributed by atoms with E-state index in [1.165, 1.54) is 9.80 Å². The van der Waals surface area contributed by atoms with Crippen LogP contribution in [-0.2, 0) is 20.8 Å². The minimum atomic E-state index is -1.14. The molecule has 3 aliphatic rings. The van der Waals surface area contributed by atoms with E-state index in [0.29, 0.717) is 40.1 Å². The Balaban J connectivity index is 1.56. The zero-order chi connectivity index (χ0) is 33.2. The highest BCUT2D eigenvalue weighted by molar-refractivity contribution is 6.42. The van der Waals surface area contributed by atoms with Gasteiger partial charge in [-0.15, -0.1) is 0 Å². The molecule has 12 heteroatoms.